The van der Waals surface area contributed by atoms with Crippen LogP contribution in [0.1, 0.15) is 40.5 Å². The van der Waals surface area contributed by atoms with E-state index >= 15 is 0 Å². The lowest BCUT2D eigenvalue weighted by Crippen LogP contribution is -2.26. The van der Waals surface area contributed by atoms with E-state index in [-0.39, 0.29) is 5.91 Å². The van der Waals surface area contributed by atoms with Crippen molar-refractivity contribution in [2.24, 2.45) is 0 Å². The first-order chi connectivity index (χ1) is 15.6. The Balaban J connectivity index is 1.39. The monoisotopic (exact) mass is 447 g/mol. The maximum absolute atomic E-state index is 12.9. The fourth-order valence-corrected chi connectivity index (χ4v) is 4.89. The summed E-state index contributed by atoms with van der Waals surface area (Å²) in [5, 5.41) is 13.7. The van der Waals surface area contributed by atoms with Crippen LogP contribution in [0.25, 0.3) is 16.1 Å². The molecule has 1 aliphatic rings. The van der Waals surface area contributed by atoms with Crippen LogP contribution in [0.3, 0.4) is 0 Å². The van der Waals surface area contributed by atoms with Gasteiger partial charge in [-0.2, -0.15) is 5.10 Å². The van der Waals surface area contributed by atoms with E-state index in [4.69, 9.17) is 9.84 Å². The number of thiazole rings is 1. The average Bonchev–Trinajstić information content (AvgIpc) is 3.46. The standard InChI is InChI=1S/C24H25N5O2S/c1-15-4-3-5-17(10-15)24-27-21(14-32-24)23(30)26-20-12-18-11-19(16-6-8-25-9-7-16)28-29(18)13-22(20)31-2/h3-5,10-14,16,25H,6-9H2,1-2H3,(H,26,30). The van der Waals surface area contributed by atoms with Crippen LogP contribution in [0.5, 0.6) is 5.75 Å². The van der Waals surface area contributed by atoms with E-state index in [1.54, 1.807) is 12.5 Å². The predicted molar refractivity (Wildman–Crippen MR) is 127 cm³/mol. The number of hydrogen-bond donors (Lipinski definition) is 2. The smallest absolute Gasteiger partial charge is 0.275 e. The zero-order chi connectivity index (χ0) is 22.1. The van der Waals surface area contributed by atoms with Gasteiger partial charge < -0.3 is 15.4 Å². The van der Waals surface area contributed by atoms with Crippen molar-refractivity contribution < 1.29 is 9.53 Å². The van der Waals surface area contributed by atoms with Gasteiger partial charge in [-0.25, -0.2) is 9.50 Å². The van der Waals surface area contributed by atoms with Crippen molar-refractivity contribution in [2.75, 3.05) is 25.5 Å². The van der Waals surface area contributed by atoms with E-state index < -0.39 is 0 Å². The summed E-state index contributed by atoms with van der Waals surface area (Å²) >= 11 is 1.46. The van der Waals surface area contributed by atoms with Crippen molar-refractivity contribution in [1.82, 2.24) is 19.9 Å². The molecule has 0 spiro atoms. The lowest BCUT2D eigenvalue weighted by atomic mass is 9.95. The van der Waals surface area contributed by atoms with Crippen molar-refractivity contribution in [1.29, 1.82) is 0 Å². The molecule has 1 amide bonds. The van der Waals surface area contributed by atoms with Gasteiger partial charge in [-0.05, 0) is 51.1 Å². The third kappa shape index (κ3) is 4.11. The maximum atomic E-state index is 12.9. The summed E-state index contributed by atoms with van der Waals surface area (Å²) in [6.07, 6.45) is 3.98. The van der Waals surface area contributed by atoms with Crippen LogP contribution in [-0.2, 0) is 0 Å². The summed E-state index contributed by atoms with van der Waals surface area (Å²) in [5.74, 6) is 0.746. The summed E-state index contributed by atoms with van der Waals surface area (Å²) in [6, 6.07) is 12.1. The van der Waals surface area contributed by atoms with Crippen LogP contribution in [-0.4, -0.2) is 40.7 Å². The van der Waals surface area contributed by atoms with Crippen molar-refractivity contribution in [3.05, 3.63) is 64.9 Å². The van der Waals surface area contributed by atoms with Gasteiger partial charge in [0.05, 0.1) is 30.2 Å². The fourth-order valence-electron chi connectivity index (χ4n) is 4.09. The van der Waals surface area contributed by atoms with E-state index in [0.717, 1.165) is 53.3 Å². The first-order valence-corrected chi connectivity index (χ1v) is 11.6. The first-order valence-electron chi connectivity index (χ1n) is 10.7. The van der Waals surface area contributed by atoms with Gasteiger partial charge in [0.2, 0.25) is 0 Å². The second-order valence-corrected chi connectivity index (χ2v) is 8.94. The SMILES string of the molecule is COc1cn2nc(C3CCNCC3)cc2cc1NC(=O)c1csc(-c2cccc(C)c2)n1. The lowest BCUT2D eigenvalue weighted by molar-refractivity contribution is 0.102. The molecule has 4 heterocycles. The molecule has 1 saturated heterocycles. The second kappa shape index (κ2) is 8.72. The number of carbonyl (C=O) groups excluding carboxylic acids is 1. The Morgan fingerprint density at radius 1 is 1.25 bits per heavy atom. The van der Waals surface area contributed by atoms with Crippen molar-refractivity contribution in [3.63, 3.8) is 0 Å². The van der Waals surface area contributed by atoms with E-state index in [0.29, 0.717) is 23.0 Å². The number of nitrogens with zero attached hydrogens (tertiary/aromatic N) is 3. The molecule has 1 aliphatic heterocycles. The Morgan fingerprint density at radius 3 is 2.88 bits per heavy atom. The molecule has 2 N–H and O–H groups in total. The molecule has 0 unspecified atom stereocenters. The fraction of sp³-hybridized carbons (Fsp3) is 0.292. The van der Waals surface area contributed by atoms with Gasteiger partial charge in [-0.15, -0.1) is 11.3 Å². The Kier molecular flexibility index (Phi) is 5.63. The number of benzene rings is 1. The van der Waals surface area contributed by atoms with Crippen LogP contribution in [0.15, 0.2) is 48.0 Å². The van der Waals surface area contributed by atoms with Crippen LogP contribution < -0.4 is 15.4 Å². The molecule has 0 bridgehead atoms. The Labute approximate surface area is 190 Å². The molecule has 1 aromatic carbocycles. The number of pyridine rings is 1. The third-order valence-electron chi connectivity index (χ3n) is 5.81. The van der Waals surface area contributed by atoms with Crippen LogP contribution in [0, 0.1) is 6.92 Å². The molecule has 32 heavy (non-hydrogen) atoms. The highest BCUT2D eigenvalue weighted by Crippen LogP contribution is 2.31. The zero-order valence-corrected chi connectivity index (χ0v) is 18.9. The number of carbonyl (C=O) groups is 1. The predicted octanol–water partition coefficient (Wildman–Crippen LogP) is 4.49. The first kappa shape index (κ1) is 20.7. The molecule has 3 aromatic heterocycles. The number of fused-ring (bicyclic) bond motifs is 1. The average molecular weight is 448 g/mol. The molecule has 0 radical (unpaired) electrons. The highest BCUT2D eigenvalue weighted by molar-refractivity contribution is 7.13. The Morgan fingerprint density at radius 2 is 2.09 bits per heavy atom. The maximum Gasteiger partial charge on any atom is 0.275 e. The van der Waals surface area contributed by atoms with Gasteiger partial charge in [0.1, 0.15) is 10.7 Å². The number of hydrogen-bond acceptors (Lipinski definition) is 6. The van der Waals surface area contributed by atoms with E-state index in [1.807, 2.05) is 41.9 Å². The van der Waals surface area contributed by atoms with E-state index in [2.05, 4.69) is 27.8 Å². The largest absolute Gasteiger partial charge is 0.493 e. The van der Waals surface area contributed by atoms with Gasteiger partial charge in [-0.1, -0.05) is 23.8 Å². The number of aromatic nitrogens is 3. The zero-order valence-electron chi connectivity index (χ0n) is 18.1. The minimum atomic E-state index is -0.263. The number of piperidine rings is 1. The number of nitrogens with one attached hydrogen (secondary N) is 2. The highest BCUT2D eigenvalue weighted by atomic mass is 32.1. The summed E-state index contributed by atoms with van der Waals surface area (Å²) in [4.78, 5) is 17.5. The van der Waals surface area contributed by atoms with E-state index in [9.17, 15) is 4.79 Å². The van der Waals surface area contributed by atoms with Gasteiger partial charge in [-0.3, -0.25) is 4.79 Å². The number of amides is 1. The topological polar surface area (TPSA) is 80.5 Å². The quantitative estimate of drug-likeness (QED) is 0.471. The number of methoxy groups -OCH3 is 1. The third-order valence-corrected chi connectivity index (χ3v) is 6.70. The summed E-state index contributed by atoms with van der Waals surface area (Å²) in [6.45, 7) is 4.07. The van der Waals surface area contributed by atoms with Crippen LogP contribution >= 0.6 is 11.3 Å². The van der Waals surface area contributed by atoms with Crippen molar-refractivity contribution >= 4 is 28.4 Å². The molecule has 0 aliphatic carbocycles. The van der Waals surface area contributed by atoms with Gasteiger partial charge in [0.25, 0.3) is 5.91 Å². The summed E-state index contributed by atoms with van der Waals surface area (Å²) < 4.78 is 7.35. The molecule has 0 atom stereocenters. The van der Waals surface area contributed by atoms with Gasteiger partial charge in [0, 0.05) is 16.9 Å². The molecular formula is C24H25N5O2S. The molecule has 0 saturated carbocycles. The minimum Gasteiger partial charge on any atom is -0.493 e. The van der Waals surface area contributed by atoms with Gasteiger partial charge in [0.15, 0.2) is 5.75 Å². The van der Waals surface area contributed by atoms with Crippen molar-refractivity contribution in [2.45, 2.75) is 25.7 Å². The van der Waals surface area contributed by atoms with Gasteiger partial charge >= 0.3 is 0 Å². The summed E-state index contributed by atoms with van der Waals surface area (Å²) in [5.41, 5.74) is 5.17. The molecule has 8 heteroatoms. The molecule has 7 nitrogen and oxygen atoms in total. The molecular weight excluding hydrogens is 422 g/mol. The Hall–Kier alpha value is -3.23. The highest BCUT2D eigenvalue weighted by Gasteiger charge is 2.20. The summed E-state index contributed by atoms with van der Waals surface area (Å²) in [7, 11) is 1.59. The number of aryl methyl sites for hydroxylation is 1. The van der Waals surface area contributed by atoms with Crippen LogP contribution in [0.2, 0.25) is 0 Å². The number of anilines is 1. The second-order valence-electron chi connectivity index (χ2n) is 8.08. The molecule has 5 rings (SSSR count). The minimum absolute atomic E-state index is 0.263. The van der Waals surface area contributed by atoms with Crippen LogP contribution in [0.4, 0.5) is 5.69 Å². The molecule has 164 valence electrons. The lowest BCUT2D eigenvalue weighted by Gasteiger charge is -2.20. The number of ether oxygens (including phenoxy) is 1. The Bertz CT molecular complexity index is 1270. The normalized spacial score (nSPS) is 14.6. The molecule has 4 aromatic rings. The van der Waals surface area contributed by atoms with Crippen molar-refractivity contribution in [3.8, 4) is 16.3 Å². The van der Waals surface area contributed by atoms with E-state index in [1.165, 1.54) is 11.3 Å². The number of rotatable bonds is 5. The molecule has 1 fully saturated rings.